The van der Waals surface area contributed by atoms with Crippen molar-refractivity contribution in [2.45, 2.75) is 114 Å². The van der Waals surface area contributed by atoms with Crippen LogP contribution in [0.15, 0.2) is 24.3 Å². The summed E-state index contributed by atoms with van der Waals surface area (Å²) in [5, 5.41) is 17.1. The Hall–Kier alpha value is -1.80. The lowest BCUT2D eigenvalue weighted by molar-refractivity contribution is -0.138. The van der Waals surface area contributed by atoms with Gasteiger partial charge in [0.15, 0.2) is 0 Å². The molecule has 4 nitrogen and oxygen atoms in total. The highest BCUT2D eigenvalue weighted by atomic mass is 35.5. The lowest BCUT2D eigenvalue weighted by Gasteiger charge is -2.13. The molecule has 0 aliphatic carbocycles. The molecule has 218 valence electrons. The van der Waals surface area contributed by atoms with Crippen LogP contribution >= 0.6 is 23.2 Å². The second-order valence-electron chi connectivity index (χ2n) is 9.23. The van der Waals surface area contributed by atoms with Gasteiger partial charge in [-0.2, -0.15) is 13.2 Å². The minimum Gasteiger partial charge on any atom is -0.479 e. The fourth-order valence-electron chi connectivity index (χ4n) is 3.76. The molecule has 0 spiro atoms. The van der Waals surface area contributed by atoms with E-state index in [0.29, 0.717) is 24.6 Å². The van der Waals surface area contributed by atoms with Gasteiger partial charge in [0.25, 0.3) is 0 Å². The average Bonchev–Trinajstić information content (AvgIpc) is 2.83. The number of carboxylic acids is 2. The normalized spacial score (nSPS) is 11.9. The molecule has 1 aromatic rings. The largest absolute Gasteiger partial charge is 0.479 e. The minimum absolute atomic E-state index is 0.337. The third kappa shape index (κ3) is 17.7. The Bertz CT molecular complexity index is 843. The molecule has 0 saturated carbocycles. The predicted octanol–water partition coefficient (Wildman–Crippen LogP) is 10.1. The summed E-state index contributed by atoms with van der Waals surface area (Å²) < 4.78 is 48.7. The molecule has 0 amide bonds. The third-order valence-corrected chi connectivity index (χ3v) is 6.61. The van der Waals surface area contributed by atoms with E-state index in [1.807, 2.05) is 0 Å². The van der Waals surface area contributed by atoms with E-state index >= 15 is 0 Å². The van der Waals surface area contributed by atoms with E-state index in [-0.39, 0.29) is 0 Å². The molecule has 0 heterocycles. The molecular weight excluding hydrogens is 547 g/mol. The van der Waals surface area contributed by atoms with Crippen LogP contribution in [0.5, 0.6) is 0 Å². The second kappa shape index (κ2) is 20.2. The number of carbonyl (C=O) groups is 2. The van der Waals surface area contributed by atoms with Crippen molar-refractivity contribution < 1.29 is 37.4 Å². The molecule has 0 unspecified atom stereocenters. The van der Waals surface area contributed by atoms with Crippen LogP contribution in [0.3, 0.4) is 0 Å². The van der Waals surface area contributed by atoms with E-state index in [0.717, 1.165) is 31.4 Å². The zero-order valence-electron chi connectivity index (χ0n) is 22.0. The van der Waals surface area contributed by atoms with Gasteiger partial charge in [-0.1, -0.05) is 120 Å². The zero-order valence-corrected chi connectivity index (χ0v) is 23.5. The molecule has 0 atom stereocenters. The standard InChI is InChI=1S/C18H34Cl2O2.C10H6F4O2/c1-2-3-4-5-6-7-8-9-10-11-12-13-14-15-16-18(19,20)17(21)22;11-8-3-1-2-7(10(12,13)14)6(8)4-5-9(15)16/h2-16H2,1H3,(H,21,22);1-5H,(H,15,16). The first-order valence-corrected chi connectivity index (χ1v) is 14.0. The number of rotatable bonds is 18. The molecule has 38 heavy (non-hydrogen) atoms. The fraction of sp³-hybridized carbons (Fsp3) is 0.643. The smallest absolute Gasteiger partial charge is 0.417 e. The van der Waals surface area contributed by atoms with Crippen molar-refractivity contribution in [2.75, 3.05) is 0 Å². The van der Waals surface area contributed by atoms with Crippen molar-refractivity contribution in [3.8, 4) is 0 Å². The van der Waals surface area contributed by atoms with Crippen molar-refractivity contribution in [2.24, 2.45) is 0 Å². The molecule has 10 heteroatoms. The molecule has 0 bridgehead atoms. The SMILES string of the molecule is CCCCCCCCCCCCCCCCC(Cl)(Cl)C(=O)O.O=C(O)C=Cc1c(F)cccc1C(F)(F)F. The maximum atomic E-state index is 13.1. The summed E-state index contributed by atoms with van der Waals surface area (Å²) in [4.78, 5) is 20.9. The number of unbranched alkanes of at least 4 members (excludes halogenated alkanes) is 13. The fourth-order valence-corrected chi connectivity index (χ4v) is 4.02. The van der Waals surface area contributed by atoms with Crippen LogP contribution in [0, 0.1) is 5.82 Å². The van der Waals surface area contributed by atoms with E-state index in [1.54, 1.807) is 0 Å². The molecular formula is C28H40Cl2F4O4. The van der Waals surface area contributed by atoms with E-state index in [2.05, 4.69) is 6.92 Å². The molecule has 0 radical (unpaired) electrons. The molecule has 0 aromatic heterocycles. The lowest BCUT2D eigenvalue weighted by Crippen LogP contribution is -2.25. The van der Waals surface area contributed by atoms with Gasteiger partial charge in [0, 0.05) is 11.6 Å². The summed E-state index contributed by atoms with van der Waals surface area (Å²) in [5.41, 5.74) is -1.98. The summed E-state index contributed by atoms with van der Waals surface area (Å²) in [5.74, 6) is -3.70. The van der Waals surface area contributed by atoms with Gasteiger partial charge >= 0.3 is 18.1 Å². The van der Waals surface area contributed by atoms with Crippen molar-refractivity contribution in [1.82, 2.24) is 0 Å². The molecule has 2 N–H and O–H groups in total. The number of halogens is 6. The highest BCUT2D eigenvalue weighted by Gasteiger charge is 2.34. The number of benzene rings is 1. The van der Waals surface area contributed by atoms with Crippen molar-refractivity contribution >= 4 is 41.2 Å². The molecule has 0 aliphatic heterocycles. The minimum atomic E-state index is -4.72. The Labute approximate surface area is 233 Å². The van der Waals surface area contributed by atoms with Crippen LogP contribution in [-0.4, -0.2) is 26.5 Å². The van der Waals surface area contributed by atoms with Crippen molar-refractivity contribution in [1.29, 1.82) is 0 Å². The molecule has 1 aromatic carbocycles. The first-order chi connectivity index (χ1) is 17.8. The predicted molar refractivity (Wildman–Crippen MR) is 145 cm³/mol. The molecule has 0 saturated heterocycles. The molecule has 1 rings (SSSR count). The summed E-state index contributed by atoms with van der Waals surface area (Å²) in [6, 6.07) is 2.43. The van der Waals surface area contributed by atoms with Gasteiger partial charge in [-0.05, 0) is 31.1 Å². The van der Waals surface area contributed by atoms with E-state index in [4.69, 9.17) is 33.4 Å². The van der Waals surface area contributed by atoms with Crippen LogP contribution in [0.1, 0.15) is 114 Å². The average molecular weight is 588 g/mol. The highest BCUT2D eigenvalue weighted by Crippen LogP contribution is 2.33. The van der Waals surface area contributed by atoms with Crippen LogP contribution in [0.25, 0.3) is 6.08 Å². The van der Waals surface area contributed by atoms with Crippen LogP contribution in [-0.2, 0) is 15.8 Å². The Kier molecular flexibility index (Phi) is 19.2. The van der Waals surface area contributed by atoms with E-state index in [9.17, 15) is 27.2 Å². The first kappa shape index (κ1) is 36.2. The number of alkyl halides is 5. The van der Waals surface area contributed by atoms with Crippen molar-refractivity contribution in [3.63, 3.8) is 0 Å². The Morgan fingerprint density at radius 1 is 0.816 bits per heavy atom. The quantitative estimate of drug-likeness (QED) is 0.0776. The highest BCUT2D eigenvalue weighted by molar-refractivity contribution is 6.57. The Balaban J connectivity index is 0.000000755. The maximum absolute atomic E-state index is 13.1. The van der Waals surface area contributed by atoms with E-state index < -0.39 is 39.4 Å². The molecule has 0 fully saturated rings. The summed E-state index contributed by atoms with van der Waals surface area (Å²) in [6.07, 6.45) is 14.5. The number of hydrogen-bond acceptors (Lipinski definition) is 2. The van der Waals surface area contributed by atoms with E-state index in [1.165, 1.54) is 70.6 Å². The molecule has 0 aliphatic rings. The number of aliphatic carboxylic acids is 2. The van der Waals surface area contributed by atoms with Gasteiger partial charge in [0.05, 0.1) is 5.56 Å². The van der Waals surface area contributed by atoms with Crippen LogP contribution in [0.2, 0.25) is 0 Å². The van der Waals surface area contributed by atoms with Crippen LogP contribution in [0.4, 0.5) is 17.6 Å². The topological polar surface area (TPSA) is 74.6 Å². The second-order valence-corrected chi connectivity index (χ2v) is 10.7. The Morgan fingerprint density at radius 3 is 1.66 bits per heavy atom. The Morgan fingerprint density at radius 2 is 1.26 bits per heavy atom. The first-order valence-electron chi connectivity index (χ1n) is 13.2. The summed E-state index contributed by atoms with van der Waals surface area (Å²) in [6.45, 7) is 2.26. The summed E-state index contributed by atoms with van der Waals surface area (Å²) >= 11 is 11.4. The van der Waals surface area contributed by atoms with Gasteiger partial charge in [0.1, 0.15) is 5.82 Å². The van der Waals surface area contributed by atoms with Crippen LogP contribution < -0.4 is 0 Å². The lowest BCUT2D eigenvalue weighted by atomic mass is 10.0. The van der Waals surface area contributed by atoms with Crippen molar-refractivity contribution in [3.05, 3.63) is 41.2 Å². The third-order valence-electron chi connectivity index (χ3n) is 5.91. The van der Waals surface area contributed by atoms with Gasteiger partial charge in [-0.25, -0.2) is 14.0 Å². The zero-order chi connectivity index (χ0) is 29.0. The maximum Gasteiger partial charge on any atom is 0.417 e. The number of hydrogen-bond donors (Lipinski definition) is 2. The summed E-state index contributed by atoms with van der Waals surface area (Å²) in [7, 11) is 0. The van der Waals surface area contributed by atoms with Gasteiger partial charge in [0.2, 0.25) is 4.33 Å². The monoisotopic (exact) mass is 586 g/mol. The van der Waals surface area contributed by atoms with Gasteiger partial charge in [-0.3, -0.25) is 0 Å². The number of carboxylic acid groups (broad SMARTS) is 2. The van der Waals surface area contributed by atoms with Gasteiger partial charge < -0.3 is 10.2 Å². The van der Waals surface area contributed by atoms with Gasteiger partial charge in [-0.15, -0.1) is 0 Å².